The van der Waals surface area contributed by atoms with Crippen LogP contribution in [0.5, 0.6) is 5.75 Å². The van der Waals surface area contributed by atoms with Gasteiger partial charge in [0, 0.05) is 29.6 Å². The maximum Gasteiger partial charge on any atom is 0.456 e. The van der Waals surface area contributed by atoms with Crippen LogP contribution < -0.4 is 0 Å². The number of hydrogen-bond donors (Lipinski definition) is 3. The molecule has 5 aliphatic rings. The van der Waals surface area contributed by atoms with Crippen LogP contribution in [0.1, 0.15) is 83.6 Å². The lowest BCUT2D eigenvalue weighted by atomic mass is 9.49. The van der Waals surface area contributed by atoms with Crippen molar-refractivity contribution >= 4 is 0 Å². The van der Waals surface area contributed by atoms with Crippen molar-refractivity contribution in [1.29, 1.82) is 0 Å². The minimum absolute atomic E-state index is 0.00176. The van der Waals surface area contributed by atoms with Crippen molar-refractivity contribution < 1.29 is 46.7 Å². The van der Waals surface area contributed by atoms with Crippen LogP contribution in [0, 0.1) is 22.7 Å². The van der Waals surface area contributed by atoms with Crippen molar-refractivity contribution in [1.82, 2.24) is 0 Å². The number of phenolic OH excluding ortho intramolecular Hbond substituents is 1. The van der Waals surface area contributed by atoms with E-state index in [1.807, 2.05) is 13.8 Å². The highest BCUT2D eigenvalue weighted by atomic mass is 19.4. The molecule has 0 aromatic heterocycles. The number of benzene rings is 1. The molecule has 3 N–H and O–H groups in total. The summed E-state index contributed by atoms with van der Waals surface area (Å²) in [6.45, 7) is 6.45. The van der Waals surface area contributed by atoms with Gasteiger partial charge < -0.3 is 24.8 Å². The molecule has 1 saturated heterocycles. The zero-order valence-electron chi connectivity index (χ0n) is 23.7. The zero-order valence-corrected chi connectivity index (χ0v) is 23.7. The molecule has 41 heavy (non-hydrogen) atoms. The summed E-state index contributed by atoms with van der Waals surface area (Å²) in [5.74, 6) is -7.82. The van der Waals surface area contributed by atoms with E-state index in [0.717, 1.165) is 11.1 Å². The molecular formula is C31H39F5O5. The van der Waals surface area contributed by atoms with E-state index in [9.17, 15) is 28.5 Å². The summed E-state index contributed by atoms with van der Waals surface area (Å²) in [4.78, 5) is 0. The molecule has 0 bridgehead atoms. The number of alkyl halides is 5. The molecule has 3 saturated carbocycles. The Bertz CT molecular complexity index is 1230. The topological polar surface area (TPSA) is 79.2 Å². The maximum absolute atomic E-state index is 15.1. The lowest BCUT2D eigenvalue weighted by molar-refractivity contribution is -0.362. The van der Waals surface area contributed by atoms with Crippen LogP contribution in [0.25, 0.3) is 0 Å². The molecule has 1 aliphatic heterocycles. The van der Waals surface area contributed by atoms with Gasteiger partial charge in [0.15, 0.2) is 5.79 Å². The molecule has 0 amide bonds. The summed E-state index contributed by atoms with van der Waals surface area (Å²) in [6, 6.07) is 6.23. The Hall–Kier alpha value is -1.75. The largest absolute Gasteiger partial charge is 0.508 e. The molecule has 0 unspecified atom stereocenters. The summed E-state index contributed by atoms with van der Waals surface area (Å²) in [5.41, 5.74) is -4.09. The Morgan fingerprint density at radius 1 is 0.878 bits per heavy atom. The normalized spacial score (nSPS) is 40.2. The minimum atomic E-state index is -5.90. The standard InChI is InChI=1S/C31H39F5O5/c1-25(2)16-40-28(41-17-25)12-9-23-24-20(8-11-27(23,38)15-28)22-10-13-29(39,30(32,33)31(34,35)36)26(22,3)14-21(24)18-4-6-19(37)7-5-18/h4-7,20-22,37-39H,8-17H2,1-3H3/t20-,21+,22-,26-,27+,29-/m0/s1. The quantitative estimate of drug-likeness (QED) is 0.268. The van der Waals surface area contributed by atoms with Gasteiger partial charge in [-0.2, -0.15) is 22.0 Å². The van der Waals surface area contributed by atoms with E-state index < -0.39 is 52.8 Å². The number of phenols is 1. The summed E-state index contributed by atoms with van der Waals surface area (Å²) in [6.07, 6.45) is -4.80. The second kappa shape index (κ2) is 8.89. The van der Waals surface area contributed by atoms with Gasteiger partial charge in [-0.1, -0.05) is 38.5 Å². The van der Waals surface area contributed by atoms with E-state index in [2.05, 4.69) is 0 Å². The number of rotatable bonds is 2. The fourth-order valence-electron chi connectivity index (χ4n) is 9.01. The molecular weight excluding hydrogens is 547 g/mol. The van der Waals surface area contributed by atoms with Crippen molar-refractivity contribution in [3.63, 3.8) is 0 Å². The molecule has 6 atom stereocenters. The molecule has 5 nitrogen and oxygen atoms in total. The zero-order chi connectivity index (χ0) is 29.9. The first-order valence-electron chi connectivity index (χ1n) is 14.6. The second-order valence-electron chi connectivity index (χ2n) is 14.3. The Morgan fingerprint density at radius 3 is 2.12 bits per heavy atom. The van der Waals surface area contributed by atoms with E-state index in [1.54, 1.807) is 12.1 Å². The maximum atomic E-state index is 15.1. The number of ether oxygens (including phenoxy) is 2. The summed E-state index contributed by atoms with van der Waals surface area (Å²) in [7, 11) is 0. The summed E-state index contributed by atoms with van der Waals surface area (Å²) in [5, 5.41) is 33.5. The van der Waals surface area contributed by atoms with Crippen LogP contribution in [0.2, 0.25) is 0 Å². The number of aromatic hydroxyl groups is 1. The van der Waals surface area contributed by atoms with E-state index in [4.69, 9.17) is 9.47 Å². The Morgan fingerprint density at radius 2 is 1.51 bits per heavy atom. The first-order chi connectivity index (χ1) is 18.9. The molecule has 10 heteroatoms. The number of hydrogen-bond acceptors (Lipinski definition) is 5. The molecule has 1 aromatic carbocycles. The van der Waals surface area contributed by atoms with Crippen LogP contribution in [-0.4, -0.2) is 57.6 Å². The first-order valence-corrected chi connectivity index (χ1v) is 14.6. The smallest absolute Gasteiger partial charge is 0.456 e. The van der Waals surface area contributed by atoms with Crippen molar-refractivity contribution in [2.75, 3.05) is 13.2 Å². The fourth-order valence-corrected chi connectivity index (χ4v) is 9.01. The molecule has 4 aliphatic carbocycles. The average Bonchev–Trinajstić information content (AvgIpc) is 3.16. The summed E-state index contributed by atoms with van der Waals surface area (Å²) < 4.78 is 84.0. The minimum Gasteiger partial charge on any atom is -0.508 e. The lowest BCUT2D eigenvalue weighted by Crippen LogP contribution is -2.65. The highest BCUT2D eigenvalue weighted by molar-refractivity contribution is 5.45. The van der Waals surface area contributed by atoms with Gasteiger partial charge in [-0.15, -0.1) is 0 Å². The van der Waals surface area contributed by atoms with E-state index in [1.165, 1.54) is 19.1 Å². The van der Waals surface area contributed by atoms with E-state index >= 15 is 8.78 Å². The highest BCUT2D eigenvalue weighted by Gasteiger charge is 2.79. The molecule has 0 radical (unpaired) electrons. The van der Waals surface area contributed by atoms with E-state index in [-0.39, 0.29) is 36.3 Å². The van der Waals surface area contributed by atoms with Crippen molar-refractivity contribution in [2.24, 2.45) is 22.7 Å². The molecule has 1 spiro atoms. The average molecular weight is 587 g/mol. The predicted molar refractivity (Wildman–Crippen MR) is 139 cm³/mol. The first kappa shape index (κ1) is 29.3. The third-order valence-electron chi connectivity index (χ3n) is 11.2. The van der Waals surface area contributed by atoms with Crippen LogP contribution in [-0.2, 0) is 9.47 Å². The fraction of sp³-hybridized carbons (Fsp3) is 0.742. The van der Waals surface area contributed by atoms with Crippen LogP contribution in [0.15, 0.2) is 35.4 Å². The Labute approximate surface area is 236 Å². The van der Waals surface area contributed by atoms with Gasteiger partial charge in [0.25, 0.3) is 0 Å². The molecule has 1 heterocycles. The summed E-state index contributed by atoms with van der Waals surface area (Å²) >= 11 is 0. The number of allylic oxidation sites excluding steroid dienone is 1. The van der Waals surface area contributed by atoms with Crippen LogP contribution in [0.4, 0.5) is 22.0 Å². The van der Waals surface area contributed by atoms with Gasteiger partial charge in [0.05, 0.1) is 18.8 Å². The van der Waals surface area contributed by atoms with Crippen LogP contribution >= 0.6 is 0 Å². The van der Waals surface area contributed by atoms with Crippen molar-refractivity contribution in [3.05, 3.63) is 41.0 Å². The van der Waals surface area contributed by atoms with Gasteiger partial charge in [-0.25, -0.2) is 0 Å². The third-order valence-corrected chi connectivity index (χ3v) is 11.2. The third kappa shape index (κ3) is 4.14. The Kier molecular flexibility index (Phi) is 6.36. The monoisotopic (exact) mass is 586 g/mol. The molecule has 1 aromatic rings. The van der Waals surface area contributed by atoms with Crippen molar-refractivity contribution in [2.45, 2.75) is 107 Å². The van der Waals surface area contributed by atoms with Crippen molar-refractivity contribution in [3.8, 4) is 5.75 Å². The molecule has 4 fully saturated rings. The molecule has 6 rings (SSSR count). The number of aliphatic hydroxyl groups is 2. The van der Waals surface area contributed by atoms with Gasteiger partial charge in [0.2, 0.25) is 0 Å². The van der Waals surface area contributed by atoms with Gasteiger partial charge >= 0.3 is 12.1 Å². The lowest BCUT2D eigenvalue weighted by Gasteiger charge is -2.59. The second-order valence-corrected chi connectivity index (χ2v) is 14.3. The van der Waals surface area contributed by atoms with E-state index in [0.29, 0.717) is 44.5 Å². The van der Waals surface area contributed by atoms with Crippen LogP contribution in [0.3, 0.4) is 0 Å². The Balaban J connectivity index is 1.45. The SMILES string of the molecule is CC1(C)COC2(CCC3=C4[C@@H](CC[C@@]3(O)C2)[C@@H]2CC[C@@](O)(C(F)(F)C(F)(F)F)[C@@]2(C)C[C@@H]4c2ccc(O)cc2)OC1. The predicted octanol–water partition coefficient (Wildman–Crippen LogP) is 6.62. The van der Waals surface area contributed by atoms with Gasteiger partial charge in [0.1, 0.15) is 11.4 Å². The number of halogens is 5. The van der Waals surface area contributed by atoms with Gasteiger partial charge in [-0.3, -0.25) is 0 Å². The highest BCUT2D eigenvalue weighted by Crippen LogP contribution is 2.71. The number of fused-ring (bicyclic) bond motifs is 4. The molecule has 228 valence electrons. The van der Waals surface area contributed by atoms with Gasteiger partial charge in [-0.05, 0) is 73.6 Å².